The molecule has 0 bridgehead atoms. The molecule has 1 N–H and O–H groups in total. The van der Waals surface area contributed by atoms with Gasteiger partial charge in [0.05, 0.1) is 20.1 Å². The Bertz CT molecular complexity index is 872. The lowest BCUT2D eigenvalue weighted by Crippen LogP contribution is -2.56. The fourth-order valence-corrected chi connectivity index (χ4v) is 5.50. The third kappa shape index (κ3) is 5.18. The molecule has 2 aromatic rings. The molecule has 0 amide bonds. The van der Waals surface area contributed by atoms with Crippen molar-refractivity contribution >= 4 is 5.97 Å². The quantitative estimate of drug-likeness (QED) is 0.528. The highest BCUT2D eigenvalue weighted by Crippen LogP contribution is 2.41. The fourth-order valence-electron chi connectivity index (χ4n) is 5.50. The van der Waals surface area contributed by atoms with Gasteiger partial charge in [0, 0.05) is 30.7 Å². The van der Waals surface area contributed by atoms with Gasteiger partial charge in [-0.15, -0.1) is 0 Å². The van der Waals surface area contributed by atoms with Gasteiger partial charge in [-0.3, -0.25) is 0 Å². The van der Waals surface area contributed by atoms with E-state index >= 15 is 0 Å². The smallest absolute Gasteiger partial charge is 0.343 e. The van der Waals surface area contributed by atoms with Crippen molar-refractivity contribution in [3.05, 3.63) is 60.2 Å². The maximum atomic E-state index is 13.5. The van der Waals surface area contributed by atoms with E-state index in [2.05, 4.69) is 17.0 Å². The molecule has 3 atom stereocenters. The van der Waals surface area contributed by atoms with Crippen LogP contribution >= 0.6 is 0 Å². The Morgan fingerprint density at radius 3 is 2.62 bits per heavy atom. The first-order valence-corrected chi connectivity index (χ1v) is 12.1. The van der Waals surface area contributed by atoms with Crippen LogP contribution in [0.2, 0.25) is 0 Å². The maximum absolute atomic E-state index is 13.5. The van der Waals surface area contributed by atoms with Gasteiger partial charge in [0.25, 0.3) is 0 Å². The Morgan fingerprint density at radius 1 is 1.12 bits per heavy atom. The zero-order chi connectivity index (χ0) is 22.4. The topological polar surface area (TPSA) is 72.3 Å². The molecule has 1 saturated heterocycles. The summed E-state index contributed by atoms with van der Waals surface area (Å²) in [6.45, 7) is 2.77. The van der Waals surface area contributed by atoms with Gasteiger partial charge in [0.1, 0.15) is 12.9 Å². The molecule has 2 heterocycles. The van der Waals surface area contributed by atoms with Crippen LogP contribution in [0.3, 0.4) is 0 Å². The van der Waals surface area contributed by atoms with Crippen molar-refractivity contribution in [1.82, 2.24) is 9.97 Å². The fraction of sp³-hybridized carbons (Fsp3) is 0.577. The lowest BCUT2D eigenvalue weighted by Gasteiger charge is -2.42. The van der Waals surface area contributed by atoms with Gasteiger partial charge in [0.15, 0.2) is 11.7 Å². The van der Waals surface area contributed by atoms with Gasteiger partial charge < -0.3 is 14.3 Å². The predicted molar refractivity (Wildman–Crippen MR) is 123 cm³/mol. The van der Waals surface area contributed by atoms with Crippen LogP contribution < -0.4 is 0 Å². The van der Waals surface area contributed by atoms with Crippen molar-refractivity contribution in [2.45, 2.75) is 63.1 Å². The molecule has 32 heavy (non-hydrogen) atoms. The molecular weight excluding hydrogens is 402 g/mol. The number of carbonyl (C=O) groups is 1. The van der Waals surface area contributed by atoms with Gasteiger partial charge in [-0.05, 0) is 30.9 Å². The van der Waals surface area contributed by atoms with Crippen LogP contribution in [0.25, 0.3) is 0 Å². The molecule has 1 aromatic carbocycles. The van der Waals surface area contributed by atoms with Crippen LogP contribution in [0.5, 0.6) is 0 Å². The number of carbonyl (C=O) groups excluding carboxylic acids is 1. The van der Waals surface area contributed by atoms with Crippen molar-refractivity contribution in [3.8, 4) is 0 Å². The second kappa shape index (κ2) is 10.1. The molecule has 3 unspecified atom stereocenters. The molecule has 1 aromatic heterocycles. The number of hydrogen-bond donors (Lipinski definition) is 1. The summed E-state index contributed by atoms with van der Waals surface area (Å²) in [6, 6.07) is 11.4. The van der Waals surface area contributed by atoms with Crippen molar-refractivity contribution in [2.24, 2.45) is 5.92 Å². The highest BCUT2D eigenvalue weighted by atomic mass is 16.6. The largest absolute Gasteiger partial charge is 0.454 e. The van der Waals surface area contributed by atoms with Crippen molar-refractivity contribution < 1.29 is 19.1 Å². The summed E-state index contributed by atoms with van der Waals surface area (Å²) >= 11 is 0. The summed E-state index contributed by atoms with van der Waals surface area (Å²) in [5.41, 5.74) is 0.131. The monoisotopic (exact) mass is 438 g/mol. The van der Waals surface area contributed by atoms with E-state index in [1.165, 1.54) is 6.42 Å². The number of esters is 1. The molecule has 1 aliphatic heterocycles. The molecule has 0 spiro atoms. The zero-order valence-electron chi connectivity index (χ0n) is 19.2. The van der Waals surface area contributed by atoms with Crippen molar-refractivity contribution in [3.63, 3.8) is 0 Å². The molecule has 4 rings (SSSR count). The van der Waals surface area contributed by atoms with Gasteiger partial charge in [0.2, 0.25) is 0 Å². The number of quaternary nitrogens is 1. The highest BCUT2D eigenvalue weighted by Gasteiger charge is 2.48. The maximum Gasteiger partial charge on any atom is 0.343 e. The van der Waals surface area contributed by atoms with E-state index in [9.17, 15) is 9.90 Å². The van der Waals surface area contributed by atoms with Crippen molar-refractivity contribution in [2.75, 3.05) is 26.7 Å². The van der Waals surface area contributed by atoms with E-state index in [-0.39, 0.29) is 12.0 Å². The summed E-state index contributed by atoms with van der Waals surface area (Å²) < 4.78 is 6.92. The van der Waals surface area contributed by atoms with Crippen LogP contribution in [0, 0.1) is 5.92 Å². The number of benzene rings is 1. The van der Waals surface area contributed by atoms with E-state index in [1.54, 1.807) is 12.5 Å². The van der Waals surface area contributed by atoms with E-state index in [0.717, 1.165) is 74.8 Å². The number of likely N-dealkylation sites (tertiary alicyclic amines) is 1. The van der Waals surface area contributed by atoms with Gasteiger partial charge >= 0.3 is 5.97 Å². The van der Waals surface area contributed by atoms with E-state index in [0.29, 0.717) is 5.56 Å². The van der Waals surface area contributed by atoms with Crippen molar-refractivity contribution in [1.29, 1.82) is 0 Å². The first kappa shape index (κ1) is 22.9. The number of hydrogen-bond acceptors (Lipinski definition) is 5. The second-order valence-electron chi connectivity index (χ2n) is 9.84. The van der Waals surface area contributed by atoms with E-state index in [4.69, 9.17) is 4.74 Å². The third-order valence-corrected chi connectivity index (χ3v) is 7.41. The third-order valence-electron chi connectivity index (χ3n) is 7.41. The standard InChI is InChI=1S/C26H36N3O3/c1-29(18-15-23-14-16-27-20-28-23)17-8-13-24(19-29)32-25(30)26(31,21-9-4-2-5-10-21)22-11-6-3-7-12-22/h2,4-5,9-10,14,16,20,22,24,31H,3,6-8,11-13,15,17-19H2,1H3/q+1. The molecule has 1 saturated carbocycles. The normalized spacial score (nSPS) is 26.2. The molecule has 1 aliphatic carbocycles. The first-order chi connectivity index (χ1) is 15.5. The second-order valence-corrected chi connectivity index (χ2v) is 9.84. The zero-order valence-corrected chi connectivity index (χ0v) is 19.2. The van der Waals surface area contributed by atoms with Crippen LogP contribution in [0.4, 0.5) is 0 Å². The molecule has 172 valence electrons. The van der Waals surface area contributed by atoms with Crippen LogP contribution in [-0.2, 0) is 21.6 Å². The Hall–Kier alpha value is -2.31. The first-order valence-electron chi connectivity index (χ1n) is 12.1. The average molecular weight is 439 g/mol. The Balaban J connectivity index is 1.45. The molecule has 6 heteroatoms. The number of ether oxygens (including phenoxy) is 1. The number of likely N-dealkylation sites (N-methyl/N-ethyl adjacent to an activating group) is 1. The summed E-state index contributed by atoms with van der Waals surface area (Å²) in [6.07, 6.45) is 10.9. The SMILES string of the molecule is C[N+]1(CCc2ccncn2)CCCC(OC(=O)C(O)(c2ccccc2)C2CCCCC2)C1. The summed E-state index contributed by atoms with van der Waals surface area (Å²) in [7, 11) is 2.23. The minimum Gasteiger partial charge on any atom is -0.454 e. The predicted octanol–water partition coefficient (Wildman–Crippen LogP) is 3.64. The molecule has 6 nitrogen and oxygen atoms in total. The Kier molecular flexibility index (Phi) is 7.21. The van der Waals surface area contributed by atoms with Crippen LogP contribution in [0.15, 0.2) is 48.9 Å². The lowest BCUT2D eigenvalue weighted by molar-refractivity contribution is -0.916. The summed E-state index contributed by atoms with van der Waals surface area (Å²) in [4.78, 5) is 21.9. The number of rotatable bonds is 7. The molecule has 2 aliphatic rings. The van der Waals surface area contributed by atoms with E-state index < -0.39 is 11.6 Å². The minimum atomic E-state index is -1.57. The van der Waals surface area contributed by atoms with Gasteiger partial charge in [-0.1, -0.05) is 49.6 Å². The van der Waals surface area contributed by atoms with E-state index in [1.807, 2.05) is 36.4 Å². The van der Waals surface area contributed by atoms with Gasteiger partial charge in [-0.2, -0.15) is 0 Å². The summed E-state index contributed by atoms with van der Waals surface area (Å²) in [5.74, 6) is -0.557. The number of aliphatic hydroxyl groups is 1. The Labute approximate surface area is 191 Å². The summed E-state index contributed by atoms with van der Waals surface area (Å²) in [5, 5.41) is 11.8. The number of piperidine rings is 1. The van der Waals surface area contributed by atoms with Crippen LogP contribution in [-0.4, -0.2) is 58.3 Å². The Morgan fingerprint density at radius 2 is 1.91 bits per heavy atom. The lowest BCUT2D eigenvalue weighted by atomic mass is 9.73. The molecular formula is C26H36N3O3+. The number of nitrogens with zero attached hydrogens (tertiary/aromatic N) is 3. The highest BCUT2D eigenvalue weighted by molar-refractivity contribution is 5.81. The van der Waals surface area contributed by atoms with Gasteiger partial charge in [-0.25, -0.2) is 14.8 Å². The average Bonchev–Trinajstić information content (AvgIpc) is 2.84. The number of aromatic nitrogens is 2. The molecule has 0 radical (unpaired) electrons. The minimum absolute atomic E-state index is 0.0895. The molecule has 2 fully saturated rings. The van der Waals surface area contributed by atoms with Crippen LogP contribution in [0.1, 0.15) is 56.2 Å².